The van der Waals surface area contributed by atoms with E-state index in [4.69, 9.17) is 25.8 Å². The molecule has 3 heterocycles. The molecule has 1 aromatic rings. The van der Waals surface area contributed by atoms with Gasteiger partial charge in [-0.25, -0.2) is 4.79 Å². The summed E-state index contributed by atoms with van der Waals surface area (Å²) in [4.78, 5) is 27.2. The average molecular weight is 533 g/mol. The molecule has 4 bridgehead atoms. The van der Waals surface area contributed by atoms with E-state index in [1.807, 2.05) is 58.1 Å². The molecule has 0 unspecified atom stereocenters. The van der Waals surface area contributed by atoms with E-state index >= 15 is 0 Å². The van der Waals surface area contributed by atoms with E-state index < -0.39 is 23.0 Å². The number of anilines is 1. The molecule has 2 amide bonds. The van der Waals surface area contributed by atoms with Crippen molar-refractivity contribution in [3.05, 3.63) is 46.5 Å². The topological polar surface area (TPSA) is 101 Å². The fraction of sp³-hybridized carbons (Fsp3) is 0.571. The molecule has 0 aromatic heterocycles. The van der Waals surface area contributed by atoms with E-state index in [0.717, 1.165) is 11.1 Å². The molecule has 5 atom stereocenters. The minimum Gasteiger partial charge on any atom is -0.495 e. The van der Waals surface area contributed by atoms with Gasteiger partial charge in [-0.3, -0.25) is 10.1 Å². The van der Waals surface area contributed by atoms with Gasteiger partial charge in [0.15, 0.2) is 0 Å². The number of halogens is 1. The van der Waals surface area contributed by atoms with Gasteiger partial charge < -0.3 is 24.2 Å². The first-order chi connectivity index (χ1) is 17.3. The molecule has 3 aliphatic heterocycles. The number of aliphatic hydroxyl groups is 1. The first kappa shape index (κ1) is 27.5. The quantitative estimate of drug-likeness (QED) is 0.498. The Bertz CT molecular complexity index is 1150. The van der Waals surface area contributed by atoms with Crippen LogP contribution < -0.4 is 15.0 Å². The molecule has 0 saturated carbocycles. The predicted octanol–water partition coefficient (Wildman–Crippen LogP) is 4.91. The number of methoxy groups -OCH3 is 1. The second kappa shape index (κ2) is 9.97. The minimum atomic E-state index is -1.44. The van der Waals surface area contributed by atoms with Gasteiger partial charge in [0, 0.05) is 32.2 Å². The second-order valence-electron chi connectivity index (χ2n) is 11.1. The lowest BCUT2D eigenvalue weighted by Crippen LogP contribution is -2.62. The smallest absolute Gasteiger partial charge is 0.409 e. The van der Waals surface area contributed by atoms with Gasteiger partial charge in [0.05, 0.1) is 24.5 Å². The number of carbonyl (C=O) groups excluding carboxylic acids is 2. The van der Waals surface area contributed by atoms with E-state index in [-0.39, 0.29) is 37.2 Å². The number of nitrogens with one attached hydrogen (secondary N) is 1. The summed E-state index contributed by atoms with van der Waals surface area (Å²) in [6.45, 7) is 7.76. The molecular weight excluding hydrogens is 496 g/mol. The van der Waals surface area contributed by atoms with Crippen LogP contribution in [0.3, 0.4) is 0 Å². The fourth-order valence-corrected chi connectivity index (χ4v) is 5.85. The van der Waals surface area contributed by atoms with Crippen molar-refractivity contribution in [1.29, 1.82) is 0 Å². The summed E-state index contributed by atoms with van der Waals surface area (Å²) in [5, 5.41) is 14.2. The van der Waals surface area contributed by atoms with Gasteiger partial charge in [0.1, 0.15) is 22.1 Å². The van der Waals surface area contributed by atoms with Crippen LogP contribution in [-0.4, -0.2) is 54.3 Å². The van der Waals surface area contributed by atoms with Crippen LogP contribution in [0.1, 0.15) is 58.9 Å². The van der Waals surface area contributed by atoms with Gasteiger partial charge in [-0.05, 0) is 51.3 Å². The maximum absolute atomic E-state index is 13.2. The number of alkyl carbamates (subject to hydrolysis) is 1. The molecule has 37 heavy (non-hydrogen) atoms. The second-order valence-corrected chi connectivity index (χ2v) is 11.5. The minimum absolute atomic E-state index is 0.0915. The number of nitrogens with zero attached hydrogens (tertiary/aromatic N) is 1. The normalized spacial score (nSPS) is 37.0. The maximum atomic E-state index is 13.2. The van der Waals surface area contributed by atoms with Crippen LogP contribution in [0, 0.1) is 5.92 Å². The van der Waals surface area contributed by atoms with Crippen molar-refractivity contribution in [3.63, 3.8) is 0 Å². The lowest BCUT2D eigenvalue weighted by molar-refractivity contribution is -0.134. The summed E-state index contributed by atoms with van der Waals surface area (Å²) < 4.78 is 17.3. The molecule has 2 N–H and O–H groups in total. The van der Waals surface area contributed by atoms with Gasteiger partial charge in [-0.15, -0.1) is 0 Å². The lowest BCUT2D eigenvalue weighted by atomic mass is 9.76. The number of allylic oxidation sites excluding steroid dienone is 3. The van der Waals surface area contributed by atoms with Crippen LogP contribution in [0.15, 0.2) is 35.9 Å². The molecule has 2 saturated heterocycles. The van der Waals surface area contributed by atoms with E-state index in [1.165, 1.54) is 0 Å². The summed E-state index contributed by atoms with van der Waals surface area (Å²) in [7, 11) is 3.27. The van der Waals surface area contributed by atoms with Crippen molar-refractivity contribution < 1.29 is 28.9 Å². The standard InChI is InChI=1S/C28H37ClN2O6/c1-17-9-7-8-11-28(34)16-27(4,37-25(33)30-28)18(2)24-26(3,36-24)12-10-22(32)31(5)20-14-19(13-17)15-21(35-6)23(20)29/h7-9,14-15,18,24,34H,10-13,16H2,1-6H3,(H,30,33)/b8-7+,17-9+/t18-,24-,26+,27-,28+/m0/s1. The Balaban J connectivity index is 1.69. The first-order valence-corrected chi connectivity index (χ1v) is 13.0. The van der Waals surface area contributed by atoms with Crippen LogP contribution >= 0.6 is 11.6 Å². The molecule has 0 aliphatic carbocycles. The molecule has 0 spiro atoms. The Morgan fingerprint density at radius 3 is 2.68 bits per heavy atom. The van der Waals surface area contributed by atoms with Gasteiger partial charge in [0.25, 0.3) is 0 Å². The highest BCUT2D eigenvalue weighted by molar-refractivity contribution is 6.35. The predicted molar refractivity (Wildman–Crippen MR) is 142 cm³/mol. The van der Waals surface area contributed by atoms with Crippen molar-refractivity contribution in [2.24, 2.45) is 5.92 Å². The number of benzene rings is 1. The van der Waals surface area contributed by atoms with Crippen molar-refractivity contribution in [1.82, 2.24) is 5.32 Å². The zero-order valence-corrected chi connectivity index (χ0v) is 23.1. The average Bonchev–Trinajstić information content (AvgIpc) is 3.50. The Labute approximate surface area is 223 Å². The largest absolute Gasteiger partial charge is 0.495 e. The molecule has 9 heteroatoms. The number of fused-ring (bicyclic) bond motifs is 5. The highest BCUT2D eigenvalue weighted by Crippen LogP contribution is 2.51. The third-order valence-corrected chi connectivity index (χ3v) is 8.37. The Morgan fingerprint density at radius 2 is 1.97 bits per heavy atom. The van der Waals surface area contributed by atoms with Crippen molar-refractivity contribution >= 4 is 29.3 Å². The highest BCUT2D eigenvalue weighted by Gasteiger charge is 2.61. The van der Waals surface area contributed by atoms with Crippen molar-refractivity contribution in [2.45, 2.75) is 82.8 Å². The fourth-order valence-electron chi connectivity index (χ4n) is 5.54. The molecular formula is C28H37ClN2O6. The van der Waals surface area contributed by atoms with E-state index in [2.05, 4.69) is 5.32 Å². The molecule has 1 aromatic carbocycles. The Hall–Kier alpha value is -2.55. The number of carbonyl (C=O) groups is 2. The molecule has 202 valence electrons. The van der Waals surface area contributed by atoms with Gasteiger partial charge >= 0.3 is 6.09 Å². The van der Waals surface area contributed by atoms with Gasteiger partial charge in [0.2, 0.25) is 5.91 Å². The van der Waals surface area contributed by atoms with E-state index in [1.54, 1.807) is 19.1 Å². The number of hydrogen-bond acceptors (Lipinski definition) is 6. The Morgan fingerprint density at radius 1 is 1.24 bits per heavy atom. The number of rotatable bonds is 1. The summed E-state index contributed by atoms with van der Waals surface area (Å²) >= 11 is 6.60. The molecule has 2 fully saturated rings. The van der Waals surface area contributed by atoms with Crippen LogP contribution in [0.25, 0.3) is 0 Å². The number of epoxide rings is 1. The molecule has 8 nitrogen and oxygen atoms in total. The summed E-state index contributed by atoms with van der Waals surface area (Å²) in [5.41, 5.74) is -0.315. The van der Waals surface area contributed by atoms with Gasteiger partial charge in [-0.1, -0.05) is 42.3 Å². The monoisotopic (exact) mass is 532 g/mol. The highest BCUT2D eigenvalue weighted by atomic mass is 35.5. The van der Waals surface area contributed by atoms with Crippen molar-refractivity contribution in [3.8, 4) is 5.75 Å². The number of ether oxygens (including phenoxy) is 3. The van der Waals surface area contributed by atoms with Gasteiger partial charge in [-0.2, -0.15) is 0 Å². The van der Waals surface area contributed by atoms with Crippen molar-refractivity contribution in [2.75, 3.05) is 19.1 Å². The summed E-state index contributed by atoms with van der Waals surface area (Å²) in [5.74, 6) is 0.214. The molecule has 4 rings (SSSR count). The number of hydrogen-bond donors (Lipinski definition) is 2. The molecule has 0 radical (unpaired) electrons. The third-order valence-electron chi connectivity index (χ3n) is 7.99. The van der Waals surface area contributed by atoms with E-state index in [0.29, 0.717) is 29.3 Å². The van der Waals surface area contributed by atoms with Crippen LogP contribution in [-0.2, 0) is 20.7 Å². The lowest BCUT2D eigenvalue weighted by Gasteiger charge is -2.45. The molecule has 3 aliphatic rings. The van der Waals surface area contributed by atoms with Crippen LogP contribution in [0.4, 0.5) is 10.5 Å². The SMILES string of the molecule is COc1cc2cc(c1Cl)N(C)C(=O)CC[C@@]1(C)O[C@H]1[C@H](C)[C@]1(C)C[C@](O)(C/C=C/C=C(\C)C2)NC(=O)O1. The zero-order valence-electron chi connectivity index (χ0n) is 22.4. The summed E-state index contributed by atoms with van der Waals surface area (Å²) in [6.07, 6.45) is 6.60. The zero-order chi connectivity index (χ0) is 27.2. The Kier molecular flexibility index (Phi) is 7.40. The van der Waals surface area contributed by atoms with Crippen LogP contribution in [0.2, 0.25) is 5.02 Å². The number of amides is 2. The summed E-state index contributed by atoms with van der Waals surface area (Å²) in [6, 6.07) is 3.79. The third kappa shape index (κ3) is 5.66. The maximum Gasteiger partial charge on any atom is 0.409 e. The first-order valence-electron chi connectivity index (χ1n) is 12.7. The van der Waals surface area contributed by atoms with Crippen LogP contribution in [0.5, 0.6) is 5.75 Å². The van der Waals surface area contributed by atoms with E-state index in [9.17, 15) is 14.7 Å².